The van der Waals surface area contributed by atoms with Crippen molar-refractivity contribution in [1.82, 2.24) is 20.4 Å². The predicted molar refractivity (Wildman–Crippen MR) is 137 cm³/mol. The summed E-state index contributed by atoms with van der Waals surface area (Å²) in [7, 11) is 0. The first kappa shape index (κ1) is 27.7. The van der Waals surface area contributed by atoms with Crippen molar-refractivity contribution in [2.75, 3.05) is 13.1 Å². The van der Waals surface area contributed by atoms with Crippen molar-refractivity contribution in [3.63, 3.8) is 0 Å². The van der Waals surface area contributed by atoms with Crippen molar-refractivity contribution in [2.24, 2.45) is 4.99 Å². The molecule has 0 aliphatic carbocycles. The Labute approximate surface area is 215 Å². The van der Waals surface area contributed by atoms with Crippen LogP contribution in [0.4, 0.5) is 0 Å². The molecule has 2 heterocycles. The highest BCUT2D eigenvalue weighted by atomic mass is 16.4. The van der Waals surface area contributed by atoms with Gasteiger partial charge in [-0.05, 0) is 24.5 Å². The van der Waals surface area contributed by atoms with Gasteiger partial charge in [-0.1, -0.05) is 31.2 Å². The third-order valence-corrected chi connectivity index (χ3v) is 6.28. The minimum atomic E-state index is -1.34. The molecule has 12 nitrogen and oxygen atoms in total. The second-order valence-electron chi connectivity index (χ2n) is 9.05. The second-order valence-corrected chi connectivity index (χ2v) is 9.05. The zero-order chi connectivity index (χ0) is 27.1. The summed E-state index contributed by atoms with van der Waals surface area (Å²) in [5, 5.41) is 40.8. The van der Waals surface area contributed by atoms with Crippen LogP contribution in [0.5, 0.6) is 0 Å². The van der Waals surface area contributed by atoms with Crippen LogP contribution in [0.1, 0.15) is 37.8 Å². The highest BCUT2D eigenvalue weighted by Gasteiger charge is 2.35. The van der Waals surface area contributed by atoms with Gasteiger partial charge >= 0.3 is 5.97 Å². The van der Waals surface area contributed by atoms with E-state index in [9.17, 15) is 24.6 Å². The summed E-state index contributed by atoms with van der Waals surface area (Å²) < 4.78 is 0. The van der Waals surface area contributed by atoms with Crippen LogP contribution in [0.25, 0.3) is 0 Å². The maximum absolute atomic E-state index is 13.2. The molecular formula is C25H33N7O5. The number of fused-ring (bicyclic) bond motifs is 1. The van der Waals surface area contributed by atoms with Crippen molar-refractivity contribution in [3.8, 4) is 0 Å². The molecule has 1 aromatic carbocycles. The molecule has 1 amide bonds. The number of carbonyl (C=O) groups is 3. The highest BCUT2D eigenvalue weighted by Crippen LogP contribution is 2.22. The van der Waals surface area contributed by atoms with Gasteiger partial charge in [0.25, 0.3) is 0 Å². The van der Waals surface area contributed by atoms with Crippen LogP contribution in [-0.2, 0) is 27.5 Å². The average Bonchev–Trinajstić information content (AvgIpc) is 3.26. The molecule has 1 aromatic rings. The van der Waals surface area contributed by atoms with E-state index in [0.717, 1.165) is 11.1 Å². The lowest BCUT2D eigenvalue weighted by Gasteiger charge is -2.36. The monoisotopic (exact) mass is 511 g/mol. The molecule has 198 valence electrons. The van der Waals surface area contributed by atoms with Crippen molar-refractivity contribution in [1.29, 1.82) is 10.8 Å². The van der Waals surface area contributed by atoms with Gasteiger partial charge < -0.3 is 36.6 Å². The molecule has 3 unspecified atom stereocenters. The maximum atomic E-state index is 13.2. The molecule has 0 radical (unpaired) electrons. The smallest absolute Gasteiger partial charge is 0.305 e. The van der Waals surface area contributed by atoms with Gasteiger partial charge in [-0.15, -0.1) is 0 Å². The molecule has 0 bridgehead atoms. The Kier molecular flexibility index (Phi) is 9.25. The van der Waals surface area contributed by atoms with E-state index in [4.69, 9.17) is 10.8 Å². The van der Waals surface area contributed by atoms with Crippen LogP contribution < -0.4 is 10.6 Å². The number of carboxylic acids is 1. The molecule has 0 saturated carbocycles. The fourth-order valence-electron chi connectivity index (χ4n) is 4.26. The molecule has 6 N–H and O–H groups in total. The maximum Gasteiger partial charge on any atom is 0.305 e. The second kappa shape index (κ2) is 12.4. The number of Topliss-reactive ketones (excluding diaryl/α,β-unsaturated/α-hetero) is 1. The average molecular weight is 512 g/mol. The summed E-state index contributed by atoms with van der Waals surface area (Å²) in [4.78, 5) is 45.2. The molecule has 0 aromatic heterocycles. The largest absolute Gasteiger partial charge is 0.481 e. The number of carbonyl (C=O) groups excluding carboxylic acids is 2. The number of rotatable bonds is 12. The number of aliphatic hydroxyl groups is 1. The van der Waals surface area contributed by atoms with Crippen LogP contribution in [-0.4, -0.2) is 86.3 Å². The minimum absolute atomic E-state index is 0.00490. The van der Waals surface area contributed by atoms with Crippen molar-refractivity contribution in [2.45, 2.75) is 58.1 Å². The van der Waals surface area contributed by atoms with Crippen LogP contribution >= 0.6 is 0 Å². The number of benzene rings is 1. The Hall–Kier alpha value is -3.90. The zero-order valence-electron chi connectivity index (χ0n) is 20.9. The minimum Gasteiger partial charge on any atom is -0.481 e. The lowest BCUT2D eigenvalue weighted by molar-refractivity contribution is -0.141. The van der Waals surface area contributed by atoms with Crippen LogP contribution in [0.15, 0.2) is 41.7 Å². The fourth-order valence-corrected chi connectivity index (χ4v) is 4.26. The van der Waals surface area contributed by atoms with E-state index in [1.807, 2.05) is 29.2 Å². The topological polar surface area (TPSA) is 182 Å². The summed E-state index contributed by atoms with van der Waals surface area (Å²) in [5.74, 6) is -2.11. The third kappa shape index (κ3) is 7.08. The van der Waals surface area contributed by atoms with Gasteiger partial charge in [0, 0.05) is 25.5 Å². The number of amides is 1. The SMILES string of the molecule is CCC(C(=O)NC(CC(=O)O)C(=O)CN1Cc2ccccc2C1)N1C=CNC(=NCC(=N)C(C)=N)C1O. The van der Waals surface area contributed by atoms with Gasteiger partial charge in [-0.3, -0.25) is 24.3 Å². The number of hydrogen-bond donors (Lipinski definition) is 6. The molecule has 0 saturated heterocycles. The lowest BCUT2D eigenvalue weighted by Crippen LogP contribution is -2.57. The first-order valence-electron chi connectivity index (χ1n) is 12.0. The van der Waals surface area contributed by atoms with Crippen molar-refractivity contribution in [3.05, 3.63) is 47.8 Å². The first-order chi connectivity index (χ1) is 17.6. The van der Waals surface area contributed by atoms with Gasteiger partial charge in [0.2, 0.25) is 5.91 Å². The molecule has 2 aliphatic heterocycles. The van der Waals surface area contributed by atoms with Crippen LogP contribution in [0, 0.1) is 10.8 Å². The number of nitrogens with zero attached hydrogens (tertiary/aromatic N) is 3. The van der Waals surface area contributed by atoms with E-state index in [2.05, 4.69) is 15.6 Å². The first-order valence-corrected chi connectivity index (χ1v) is 12.0. The predicted octanol–water partition coefficient (Wildman–Crippen LogP) is 0.462. The van der Waals surface area contributed by atoms with E-state index in [1.165, 1.54) is 24.2 Å². The Morgan fingerprint density at radius 1 is 1.22 bits per heavy atom. The lowest BCUT2D eigenvalue weighted by atomic mass is 10.1. The summed E-state index contributed by atoms with van der Waals surface area (Å²) in [6.45, 7) is 4.22. The number of aliphatic imine (C=N–C) groups is 1. The number of ketones is 1. The number of hydrogen-bond acceptors (Lipinski definition) is 9. The zero-order valence-corrected chi connectivity index (χ0v) is 20.9. The molecular weight excluding hydrogens is 478 g/mol. The molecule has 0 spiro atoms. The fraction of sp³-hybridized carbons (Fsp3) is 0.440. The highest BCUT2D eigenvalue weighted by molar-refractivity contribution is 6.40. The quantitative estimate of drug-likeness (QED) is 0.219. The van der Waals surface area contributed by atoms with Gasteiger partial charge in [0.15, 0.2) is 17.8 Å². The Morgan fingerprint density at radius 2 is 1.86 bits per heavy atom. The summed E-state index contributed by atoms with van der Waals surface area (Å²) in [5.41, 5.74) is 2.27. The van der Waals surface area contributed by atoms with E-state index in [1.54, 1.807) is 6.92 Å². The van der Waals surface area contributed by atoms with Crippen molar-refractivity contribution < 1.29 is 24.6 Å². The Balaban J connectivity index is 1.68. The number of amidine groups is 1. The third-order valence-electron chi connectivity index (χ3n) is 6.28. The number of aliphatic carboxylic acids is 1. The Morgan fingerprint density at radius 3 is 2.43 bits per heavy atom. The van der Waals surface area contributed by atoms with E-state index in [-0.39, 0.29) is 36.8 Å². The normalized spacial score (nSPS) is 19.6. The van der Waals surface area contributed by atoms with E-state index >= 15 is 0 Å². The molecule has 3 rings (SSSR count). The summed E-state index contributed by atoms with van der Waals surface area (Å²) in [6, 6.07) is 5.69. The summed E-state index contributed by atoms with van der Waals surface area (Å²) >= 11 is 0. The number of nitrogens with one attached hydrogen (secondary N) is 4. The van der Waals surface area contributed by atoms with Gasteiger partial charge in [0.05, 0.1) is 37.0 Å². The molecule has 12 heteroatoms. The van der Waals surface area contributed by atoms with E-state index < -0.39 is 42.4 Å². The molecule has 0 fully saturated rings. The number of aliphatic hydroxyl groups excluding tert-OH is 1. The molecule has 37 heavy (non-hydrogen) atoms. The standard InChI is InChI=1S/C25H33N7O5/c1-3-20(32-9-8-28-23(25(32)37)29-11-18(27)15(2)26)24(36)30-19(10-22(34)35)21(33)14-31-12-16-6-4-5-7-17(16)13-31/h4-9,19-20,25-27,37H,3,10-14H2,1-2H3,(H,28,29)(H,30,36)(H,34,35). The number of carboxylic acid groups (broad SMARTS) is 1. The molecule has 3 atom stereocenters. The van der Waals surface area contributed by atoms with Gasteiger partial charge in [-0.25, -0.2) is 0 Å². The van der Waals surface area contributed by atoms with Crippen LogP contribution in [0.3, 0.4) is 0 Å². The van der Waals surface area contributed by atoms with Gasteiger partial charge in [0.1, 0.15) is 6.04 Å². The van der Waals surface area contributed by atoms with Gasteiger partial charge in [-0.2, -0.15) is 0 Å². The van der Waals surface area contributed by atoms with Crippen molar-refractivity contribution >= 4 is 34.9 Å². The molecule has 2 aliphatic rings. The van der Waals surface area contributed by atoms with E-state index in [0.29, 0.717) is 13.1 Å². The Bertz CT molecular complexity index is 1110. The van der Waals surface area contributed by atoms with Crippen LogP contribution in [0.2, 0.25) is 0 Å². The summed E-state index contributed by atoms with van der Waals surface area (Å²) in [6.07, 6.45) is 1.31.